The third-order valence-electron chi connectivity index (χ3n) is 4.54. The third kappa shape index (κ3) is 1.79. The number of rotatable bonds is 3. The molecule has 1 aliphatic carbocycles. The van der Waals surface area contributed by atoms with Gasteiger partial charge in [-0.25, -0.2) is 0 Å². The molecule has 1 saturated carbocycles. The van der Waals surface area contributed by atoms with Crippen molar-refractivity contribution in [3.63, 3.8) is 0 Å². The molecule has 2 rings (SSSR count). The van der Waals surface area contributed by atoms with Crippen molar-refractivity contribution in [3.05, 3.63) is 26.7 Å². The van der Waals surface area contributed by atoms with Gasteiger partial charge in [0.2, 0.25) is 0 Å². The van der Waals surface area contributed by atoms with Crippen LogP contribution in [0.1, 0.15) is 42.0 Å². The van der Waals surface area contributed by atoms with Crippen LogP contribution in [0.4, 0.5) is 0 Å². The minimum Gasteiger partial charge on any atom is -0.495 e. The molecule has 18 heavy (non-hydrogen) atoms. The summed E-state index contributed by atoms with van der Waals surface area (Å²) in [6.45, 7) is 8.60. The van der Waals surface area contributed by atoms with E-state index >= 15 is 0 Å². The first-order chi connectivity index (χ1) is 8.36. The highest BCUT2D eigenvalue weighted by molar-refractivity contribution is 9.10. The van der Waals surface area contributed by atoms with Crippen LogP contribution in [-0.2, 0) is 5.41 Å². The van der Waals surface area contributed by atoms with Gasteiger partial charge < -0.3 is 10.5 Å². The van der Waals surface area contributed by atoms with E-state index in [9.17, 15) is 0 Å². The second-order valence-corrected chi connectivity index (χ2v) is 6.34. The summed E-state index contributed by atoms with van der Waals surface area (Å²) >= 11 is 3.68. The van der Waals surface area contributed by atoms with Gasteiger partial charge in [0.25, 0.3) is 0 Å². The van der Waals surface area contributed by atoms with E-state index in [1.165, 1.54) is 35.1 Å². The largest absolute Gasteiger partial charge is 0.495 e. The Morgan fingerprint density at radius 3 is 2.11 bits per heavy atom. The van der Waals surface area contributed by atoms with Crippen LogP contribution in [-0.4, -0.2) is 13.2 Å². The molecule has 0 bridgehead atoms. The summed E-state index contributed by atoms with van der Waals surface area (Å²) in [5.41, 5.74) is 11.7. The maximum atomic E-state index is 6.23. The molecule has 0 aromatic heterocycles. The summed E-state index contributed by atoms with van der Waals surface area (Å²) in [6, 6.07) is 0.203. The van der Waals surface area contributed by atoms with Crippen LogP contribution in [0.25, 0.3) is 0 Å². The van der Waals surface area contributed by atoms with Crippen LogP contribution in [0, 0.1) is 20.8 Å². The van der Waals surface area contributed by atoms with Gasteiger partial charge in [0.05, 0.1) is 11.6 Å². The van der Waals surface area contributed by atoms with E-state index in [4.69, 9.17) is 10.5 Å². The molecule has 2 nitrogen and oxygen atoms in total. The Labute approximate surface area is 118 Å². The molecule has 1 unspecified atom stereocenters. The van der Waals surface area contributed by atoms with Gasteiger partial charge in [0.1, 0.15) is 5.75 Å². The zero-order valence-electron chi connectivity index (χ0n) is 11.9. The second kappa shape index (κ2) is 4.53. The molecule has 100 valence electrons. The first-order valence-electron chi connectivity index (χ1n) is 6.46. The molecule has 0 heterocycles. The Bertz CT molecular complexity index is 461. The molecule has 1 aromatic rings. The first kappa shape index (κ1) is 13.9. The Balaban J connectivity index is 2.70. The fraction of sp³-hybridized carbons (Fsp3) is 0.600. The number of hydrogen-bond acceptors (Lipinski definition) is 2. The van der Waals surface area contributed by atoms with Crippen LogP contribution in [0.15, 0.2) is 4.47 Å². The maximum Gasteiger partial charge on any atom is 0.136 e. The zero-order valence-corrected chi connectivity index (χ0v) is 13.4. The van der Waals surface area contributed by atoms with Gasteiger partial charge in [-0.3, -0.25) is 0 Å². The molecule has 1 fully saturated rings. The van der Waals surface area contributed by atoms with Gasteiger partial charge in [-0.1, -0.05) is 0 Å². The van der Waals surface area contributed by atoms with Crippen molar-refractivity contribution in [3.8, 4) is 5.75 Å². The highest BCUT2D eigenvalue weighted by atomic mass is 79.9. The number of halogens is 1. The highest BCUT2D eigenvalue weighted by Gasteiger charge is 2.49. The average molecular weight is 312 g/mol. The molecule has 1 atom stereocenters. The van der Waals surface area contributed by atoms with Crippen molar-refractivity contribution in [2.75, 3.05) is 7.11 Å². The van der Waals surface area contributed by atoms with Crippen molar-refractivity contribution in [2.24, 2.45) is 5.73 Å². The predicted molar refractivity (Wildman–Crippen MR) is 79.5 cm³/mol. The first-order valence-corrected chi connectivity index (χ1v) is 7.25. The minimum absolute atomic E-state index is 0.188. The molecule has 0 saturated heterocycles. The van der Waals surface area contributed by atoms with Crippen molar-refractivity contribution in [2.45, 2.75) is 52.0 Å². The molecule has 0 amide bonds. The average Bonchev–Trinajstić information content (AvgIpc) is 3.09. The van der Waals surface area contributed by atoms with Gasteiger partial charge in [0.15, 0.2) is 0 Å². The van der Waals surface area contributed by atoms with E-state index in [2.05, 4.69) is 43.6 Å². The SMILES string of the molecule is COc1c(C)c(C)c(C2(C(C)N)CC2)c(C)c1Br. The Morgan fingerprint density at radius 1 is 1.17 bits per heavy atom. The van der Waals surface area contributed by atoms with Crippen LogP contribution in [0.2, 0.25) is 0 Å². The zero-order chi connectivity index (χ0) is 13.7. The predicted octanol–water partition coefficient (Wildman–Crippen LogP) is 3.76. The summed E-state index contributed by atoms with van der Waals surface area (Å²) in [4.78, 5) is 0. The van der Waals surface area contributed by atoms with Gasteiger partial charge in [-0.15, -0.1) is 0 Å². The van der Waals surface area contributed by atoms with E-state index in [1.807, 2.05) is 0 Å². The lowest BCUT2D eigenvalue weighted by Gasteiger charge is -2.27. The van der Waals surface area contributed by atoms with Gasteiger partial charge in [-0.05, 0) is 78.7 Å². The normalized spacial score (nSPS) is 18.6. The highest BCUT2D eigenvalue weighted by Crippen LogP contribution is 2.55. The summed E-state index contributed by atoms with van der Waals surface area (Å²) in [7, 11) is 1.73. The summed E-state index contributed by atoms with van der Waals surface area (Å²) in [5, 5.41) is 0. The summed E-state index contributed by atoms with van der Waals surface area (Å²) in [6.07, 6.45) is 2.40. The van der Waals surface area contributed by atoms with Crippen LogP contribution < -0.4 is 10.5 Å². The number of hydrogen-bond donors (Lipinski definition) is 1. The van der Waals surface area contributed by atoms with Crippen LogP contribution >= 0.6 is 15.9 Å². The molecule has 0 radical (unpaired) electrons. The maximum absolute atomic E-state index is 6.23. The van der Waals surface area contributed by atoms with Crippen LogP contribution in [0.3, 0.4) is 0 Å². The number of ether oxygens (including phenoxy) is 1. The molecule has 1 aliphatic rings. The molecule has 2 N–H and O–H groups in total. The lowest BCUT2D eigenvalue weighted by Crippen LogP contribution is -2.33. The van der Waals surface area contributed by atoms with Crippen LogP contribution in [0.5, 0.6) is 5.75 Å². The van der Waals surface area contributed by atoms with E-state index in [0.717, 1.165) is 10.2 Å². The summed E-state index contributed by atoms with van der Waals surface area (Å²) < 4.78 is 6.59. The van der Waals surface area contributed by atoms with Gasteiger partial charge in [-0.2, -0.15) is 0 Å². The molecule has 0 spiro atoms. The van der Waals surface area contributed by atoms with Gasteiger partial charge in [0, 0.05) is 11.5 Å². The Kier molecular flexibility index (Phi) is 3.50. The quantitative estimate of drug-likeness (QED) is 0.922. The number of benzene rings is 1. The smallest absolute Gasteiger partial charge is 0.136 e. The molecule has 3 heteroatoms. The van der Waals surface area contributed by atoms with Crippen molar-refractivity contribution in [1.29, 1.82) is 0 Å². The lowest BCUT2D eigenvalue weighted by atomic mass is 9.82. The molecule has 0 aliphatic heterocycles. The minimum atomic E-state index is 0.188. The second-order valence-electron chi connectivity index (χ2n) is 5.54. The van der Waals surface area contributed by atoms with E-state index in [0.29, 0.717) is 0 Å². The standard InChI is InChI=1S/C15H22BrNO/c1-8-9(2)14(18-5)13(16)10(3)12(8)15(6-7-15)11(4)17/h11H,6-7,17H2,1-5H3. The van der Waals surface area contributed by atoms with Gasteiger partial charge >= 0.3 is 0 Å². The van der Waals surface area contributed by atoms with E-state index in [1.54, 1.807) is 7.11 Å². The lowest BCUT2D eigenvalue weighted by molar-refractivity contribution is 0.407. The molecular weight excluding hydrogens is 290 g/mol. The molecular formula is C15H22BrNO. The summed E-state index contributed by atoms with van der Waals surface area (Å²) in [5.74, 6) is 0.953. The Morgan fingerprint density at radius 2 is 1.72 bits per heavy atom. The topological polar surface area (TPSA) is 35.2 Å². The third-order valence-corrected chi connectivity index (χ3v) is 5.50. The number of methoxy groups -OCH3 is 1. The van der Waals surface area contributed by atoms with Crippen molar-refractivity contribution >= 4 is 15.9 Å². The fourth-order valence-corrected chi connectivity index (χ4v) is 3.80. The van der Waals surface area contributed by atoms with E-state index in [-0.39, 0.29) is 11.5 Å². The fourth-order valence-electron chi connectivity index (χ4n) is 3.14. The van der Waals surface area contributed by atoms with Crippen molar-refractivity contribution < 1.29 is 4.74 Å². The monoisotopic (exact) mass is 311 g/mol. The van der Waals surface area contributed by atoms with E-state index < -0.39 is 0 Å². The molecule has 1 aromatic carbocycles. The van der Waals surface area contributed by atoms with Crippen molar-refractivity contribution in [1.82, 2.24) is 0 Å². The Hall–Kier alpha value is -0.540. The number of nitrogens with two attached hydrogens (primary N) is 1.